The SMILES string of the molecule is CC(=O)NCCOc1ccc([C@@H]2CC[C@@]3(C)C(O)N[C@H](C)[C@H]3[C@H]2c2ccc(Cl)cc2)c(Cl)c1. The van der Waals surface area contributed by atoms with E-state index in [1.54, 1.807) is 0 Å². The maximum Gasteiger partial charge on any atom is 0.216 e. The van der Waals surface area contributed by atoms with E-state index in [0.717, 1.165) is 18.4 Å². The van der Waals surface area contributed by atoms with Crippen molar-refractivity contribution in [2.24, 2.45) is 11.3 Å². The monoisotopic (exact) mass is 490 g/mol. The lowest BCUT2D eigenvalue weighted by Crippen LogP contribution is -2.43. The summed E-state index contributed by atoms with van der Waals surface area (Å²) >= 11 is 13.0. The van der Waals surface area contributed by atoms with Crippen molar-refractivity contribution in [3.63, 3.8) is 0 Å². The molecule has 2 aromatic rings. The molecule has 0 bridgehead atoms. The first-order chi connectivity index (χ1) is 15.7. The molecular formula is C26H32Cl2N2O3. The number of halogens is 2. The van der Waals surface area contributed by atoms with Crippen LogP contribution in [0, 0.1) is 11.3 Å². The second-order valence-electron chi connectivity index (χ2n) is 9.63. The van der Waals surface area contributed by atoms with Gasteiger partial charge in [0.15, 0.2) is 0 Å². The fourth-order valence-electron chi connectivity index (χ4n) is 5.99. The molecule has 33 heavy (non-hydrogen) atoms. The zero-order valence-corrected chi connectivity index (χ0v) is 20.8. The van der Waals surface area contributed by atoms with E-state index in [2.05, 4.69) is 42.7 Å². The summed E-state index contributed by atoms with van der Waals surface area (Å²) in [5.74, 6) is 1.25. The van der Waals surface area contributed by atoms with E-state index in [0.29, 0.717) is 28.9 Å². The van der Waals surface area contributed by atoms with Crippen LogP contribution in [0.3, 0.4) is 0 Å². The highest BCUT2D eigenvalue weighted by Gasteiger charge is 2.57. The molecule has 0 aromatic heterocycles. The van der Waals surface area contributed by atoms with Crippen LogP contribution in [0.25, 0.3) is 0 Å². The maximum absolute atomic E-state index is 11.0. The lowest BCUT2D eigenvalue weighted by Gasteiger charge is -2.48. The number of fused-ring (bicyclic) bond motifs is 1. The Balaban J connectivity index is 1.64. The molecule has 1 heterocycles. The smallest absolute Gasteiger partial charge is 0.216 e. The van der Waals surface area contributed by atoms with Gasteiger partial charge in [-0.3, -0.25) is 10.1 Å². The summed E-state index contributed by atoms with van der Waals surface area (Å²) in [5.41, 5.74) is 2.11. The molecule has 2 aliphatic rings. The molecule has 1 unspecified atom stereocenters. The molecule has 7 heteroatoms. The van der Waals surface area contributed by atoms with Crippen molar-refractivity contribution in [3.05, 3.63) is 63.6 Å². The van der Waals surface area contributed by atoms with Gasteiger partial charge < -0.3 is 15.2 Å². The Bertz CT molecular complexity index is 1000. The number of amides is 1. The van der Waals surface area contributed by atoms with E-state index in [1.807, 2.05) is 24.3 Å². The number of benzene rings is 2. The van der Waals surface area contributed by atoms with E-state index in [9.17, 15) is 9.90 Å². The van der Waals surface area contributed by atoms with Gasteiger partial charge in [-0.05, 0) is 72.9 Å². The average Bonchev–Trinajstić information content (AvgIpc) is 3.00. The third-order valence-electron chi connectivity index (χ3n) is 7.53. The largest absolute Gasteiger partial charge is 0.492 e. The van der Waals surface area contributed by atoms with Gasteiger partial charge in [0, 0.05) is 28.4 Å². The summed E-state index contributed by atoms with van der Waals surface area (Å²) in [6, 6.07) is 14.1. The second kappa shape index (κ2) is 9.83. The molecule has 2 aromatic carbocycles. The lowest BCUT2D eigenvalue weighted by molar-refractivity contribution is -0.119. The van der Waals surface area contributed by atoms with Gasteiger partial charge in [-0.15, -0.1) is 0 Å². The number of hydrogen-bond donors (Lipinski definition) is 3. The second-order valence-corrected chi connectivity index (χ2v) is 10.5. The zero-order valence-electron chi connectivity index (χ0n) is 19.3. The van der Waals surface area contributed by atoms with Gasteiger partial charge in [0.2, 0.25) is 5.91 Å². The lowest BCUT2D eigenvalue weighted by atomic mass is 9.55. The van der Waals surface area contributed by atoms with Crippen LogP contribution in [0.15, 0.2) is 42.5 Å². The molecule has 5 nitrogen and oxygen atoms in total. The fourth-order valence-corrected chi connectivity index (χ4v) is 6.42. The van der Waals surface area contributed by atoms with Gasteiger partial charge in [-0.25, -0.2) is 0 Å². The molecule has 0 radical (unpaired) electrons. The Hall–Kier alpha value is -1.79. The molecule has 1 saturated carbocycles. The first-order valence-corrected chi connectivity index (χ1v) is 12.3. The first kappa shape index (κ1) is 24.3. The molecule has 0 spiro atoms. The van der Waals surface area contributed by atoms with Crippen molar-refractivity contribution in [2.45, 2.75) is 57.7 Å². The van der Waals surface area contributed by atoms with Crippen molar-refractivity contribution in [2.75, 3.05) is 13.2 Å². The van der Waals surface area contributed by atoms with Crippen molar-refractivity contribution in [3.8, 4) is 5.75 Å². The van der Waals surface area contributed by atoms with Gasteiger partial charge >= 0.3 is 0 Å². The Morgan fingerprint density at radius 1 is 1.24 bits per heavy atom. The van der Waals surface area contributed by atoms with Crippen LogP contribution in [-0.4, -0.2) is 36.4 Å². The van der Waals surface area contributed by atoms with Crippen LogP contribution in [0.1, 0.15) is 56.6 Å². The van der Waals surface area contributed by atoms with Crippen LogP contribution >= 0.6 is 23.2 Å². The van der Waals surface area contributed by atoms with E-state index in [1.165, 1.54) is 12.5 Å². The highest BCUT2D eigenvalue weighted by molar-refractivity contribution is 6.31. The predicted molar refractivity (Wildman–Crippen MR) is 132 cm³/mol. The summed E-state index contributed by atoms with van der Waals surface area (Å²) in [5, 5.41) is 18.3. The van der Waals surface area contributed by atoms with Crippen molar-refractivity contribution in [1.82, 2.24) is 10.6 Å². The predicted octanol–water partition coefficient (Wildman–Crippen LogP) is 5.10. The maximum atomic E-state index is 11.0. The third kappa shape index (κ3) is 4.88. The van der Waals surface area contributed by atoms with Crippen molar-refractivity contribution < 1.29 is 14.6 Å². The standard InChI is InChI=1S/C26H32Cl2N2O3/c1-15-24-23(17-4-6-18(27)7-5-17)21(10-11-26(24,3)25(32)30-15)20-9-8-19(14-22(20)28)33-13-12-29-16(2)31/h4-9,14-15,21,23-25,30,32H,10-13H2,1-3H3,(H,29,31)/t15-,21+,23+,24+,25?,26-/m1/s1. The van der Waals surface area contributed by atoms with Crippen LogP contribution < -0.4 is 15.4 Å². The Morgan fingerprint density at radius 2 is 1.97 bits per heavy atom. The van der Waals surface area contributed by atoms with E-state index in [-0.39, 0.29) is 35.1 Å². The van der Waals surface area contributed by atoms with Gasteiger partial charge in [-0.2, -0.15) is 0 Å². The van der Waals surface area contributed by atoms with E-state index >= 15 is 0 Å². The number of carbonyl (C=O) groups is 1. The molecule has 3 N–H and O–H groups in total. The van der Waals surface area contributed by atoms with E-state index < -0.39 is 6.23 Å². The van der Waals surface area contributed by atoms with Gasteiger partial charge in [-0.1, -0.05) is 48.3 Å². The number of carbonyl (C=O) groups excluding carboxylic acids is 1. The summed E-state index contributed by atoms with van der Waals surface area (Å²) < 4.78 is 5.76. The number of hydrogen-bond acceptors (Lipinski definition) is 4. The summed E-state index contributed by atoms with van der Waals surface area (Å²) in [6.07, 6.45) is 1.31. The number of aliphatic hydroxyl groups is 1. The molecule has 1 aliphatic heterocycles. The summed E-state index contributed by atoms with van der Waals surface area (Å²) in [7, 11) is 0. The molecule has 4 rings (SSSR count). The van der Waals surface area contributed by atoms with Gasteiger partial charge in [0.05, 0.1) is 6.54 Å². The minimum absolute atomic E-state index is 0.0785. The highest BCUT2D eigenvalue weighted by Crippen LogP contribution is 2.60. The normalized spacial score (nSPS) is 31.2. The van der Waals surface area contributed by atoms with Gasteiger partial charge in [0.25, 0.3) is 0 Å². The summed E-state index contributed by atoms with van der Waals surface area (Å²) in [6.45, 7) is 6.68. The van der Waals surface area contributed by atoms with Crippen molar-refractivity contribution >= 4 is 29.1 Å². The number of rotatable bonds is 6. The topological polar surface area (TPSA) is 70.6 Å². The minimum atomic E-state index is -0.525. The fraction of sp³-hybridized carbons (Fsp3) is 0.500. The quantitative estimate of drug-likeness (QED) is 0.492. The summed E-state index contributed by atoms with van der Waals surface area (Å²) in [4.78, 5) is 11.0. The highest BCUT2D eigenvalue weighted by atomic mass is 35.5. The Labute approximate surface area is 205 Å². The van der Waals surface area contributed by atoms with Crippen molar-refractivity contribution in [1.29, 1.82) is 0 Å². The molecule has 1 saturated heterocycles. The molecular weight excluding hydrogens is 459 g/mol. The Kier molecular flexibility index (Phi) is 7.25. The minimum Gasteiger partial charge on any atom is -0.492 e. The van der Waals surface area contributed by atoms with Crippen LogP contribution in [-0.2, 0) is 4.79 Å². The molecule has 178 valence electrons. The number of ether oxygens (including phenoxy) is 1. The number of nitrogens with one attached hydrogen (secondary N) is 2. The van der Waals surface area contributed by atoms with Crippen LogP contribution in [0.5, 0.6) is 5.75 Å². The zero-order chi connectivity index (χ0) is 23.8. The average molecular weight is 491 g/mol. The van der Waals surface area contributed by atoms with Crippen LogP contribution in [0.2, 0.25) is 10.0 Å². The Morgan fingerprint density at radius 3 is 2.64 bits per heavy atom. The molecule has 1 aliphatic carbocycles. The molecule has 6 atom stereocenters. The number of aliphatic hydroxyl groups excluding tert-OH is 1. The molecule has 2 fully saturated rings. The van der Waals surface area contributed by atoms with E-state index in [4.69, 9.17) is 27.9 Å². The molecule has 1 amide bonds. The third-order valence-corrected chi connectivity index (χ3v) is 8.11. The van der Waals surface area contributed by atoms with Gasteiger partial charge in [0.1, 0.15) is 18.6 Å². The first-order valence-electron chi connectivity index (χ1n) is 11.6. The van der Waals surface area contributed by atoms with Crippen LogP contribution in [0.4, 0.5) is 0 Å².